The van der Waals surface area contributed by atoms with Crippen LogP contribution in [-0.2, 0) is 9.59 Å². The van der Waals surface area contributed by atoms with E-state index in [0.29, 0.717) is 5.69 Å². The number of rotatable bonds is 5. The number of imide groups is 1. The first-order valence-electron chi connectivity index (χ1n) is 8.78. The molecule has 0 radical (unpaired) electrons. The van der Waals surface area contributed by atoms with E-state index in [4.69, 9.17) is 23.2 Å². The molecule has 4 nitrogen and oxygen atoms in total. The SMILES string of the molecule is O=C1C(Nc2ccc(F)c(Cl)c2)=C(Sc2ccccc2)C(=O)N1c1ccccc1Cl. The number of benzene rings is 3. The van der Waals surface area contributed by atoms with E-state index in [2.05, 4.69) is 5.32 Å². The van der Waals surface area contributed by atoms with E-state index < -0.39 is 17.6 Å². The summed E-state index contributed by atoms with van der Waals surface area (Å²) in [6, 6.07) is 19.8. The van der Waals surface area contributed by atoms with Gasteiger partial charge in [0.2, 0.25) is 0 Å². The van der Waals surface area contributed by atoms with Crippen molar-refractivity contribution in [3.8, 4) is 0 Å². The van der Waals surface area contributed by atoms with Crippen molar-refractivity contribution in [2.75, 3.05) is 10.2 Å². The molecule has 3 aromatic rings. The number of hydrogen-bond donors (Lipinski definition) is 1. The number of carbonyl (C=O) groups excluding carboxylic acids is 2. The molecule has 1 aliphatic rings. The molecule has 3 aromatic carbocycles. The second-order valence-electron chi connectivity index (χ2n) is 6.27. The maximum absolute atomic E-state index is 13.5. The first kappa shape index (κ1) is 20.5. The summed E-state index contributed by atoms with van der Waals surface area (Å²) in [5.74, 6) is -1.65. The normalized spacial score (nSPS) is 13.9. The van der Waals surface area contributed by atoms with Gasteiger partial charge in [0, 0.05) is 10.6 Å². The second kappa shape index (κ2) is 8.52. The number of nitrogens with one attached hydrogen (secondary N) is 1. The Morgan fingerprint density at radius 2 is 1.53 bits per heavy atom. The van der Waals surface area contributed by atoms with Gasteiger partial charge < -0.3 is 5.32 Å². The van der Waals surface area contributed by atoms with Gasteiger partial charge in [0.25, 0.3) is 11.8 Å². The zero-order valence-corrected chi connectivity index (χ0v) is 17.6. The fourth-order valence-corrected chi connectivity index (χ4v) is 4.24. The van der Waals surface area contributed by atoms with Crippen LogP contribution in [0, 0.1) is 5.82 Å². The Labute approximate surface area is 186 Å². The van der Waals surface area contributed by atoms with Gasteiger partial charge in [0.05, 0.1) is 15.7 Å². The molecule has 30 heavy (non-hydrogen) atoms. The summed E-state index contributed by atoms with van der Waals surface area (Å²) in [5, 5.41) is 3.10. The Kier molecular flexibility index (Phi) is 5.81. The second-order valence-corrected chi connectivity index (χ2v) is 8.17. The summed E-state index contributed by atoms with van der Waals surface area (Å²) in [4.78, 5) is 28.5. The molecule has 0 unspecified atom stereocenters. The number of nitrogens with zero attached hydrogens (tertiary/aromatic N) is 1. The van der Waals surface area contributed by atoms with Crippen molar-refractivity contribution in [1.29, 1.82) is 0 Å². The number of anilines is 2. The number of para-hydroxylation sites is 1. The van der Waals surface area contributed by atoms with E-state index in [-0.39, 0.29) is 26.3 Å². The van der Waals surface area contributed by atoms with Crippen LogP contribution in [0.25, 0.3) is 0 Å². The van der Waals surface area contributed by atoms with Crippen LogP contribution in [0.3, 0.4) is 0 Å². The van der Waals surface area contributed by atoms with Gasteiger partial charge in [-0.2, -0.15) is 0 Å². The van der Waals surface area contributed by atoms with Crippen molar-refractivity contribution in [3.05, 3.63) is 99.3 Å². The van der Waals surface area contributed by atoms with E-state index in [1.165, 1.54) is 18.2 Å². The largest absolute Gasteiger partial charge is 0.350 e. The molecular formula is C22H13Cl2FN2O2S. The third kappa shape index (κ3) is 3.94. The van der Waals surface area contributed by atoms with Gasteiger partial charge in [-0.1, -0.05) is 65.3 Å². The van der Waals surface area contributed by atoms with Gasteiger partial charge >= 0.3 is 0 Å². The zero-order valence-electron chi connectivity index (χ0n) is 15.2. The standard InChI is InChI=1S/C22H13Cl2FN2O2S/c23-15-8-4-5-9-18(15)27-21(28)19(26-13-10-11-17(25)16(24)12-13)20(22(27)29)30-14-6-2-1-3-7-14/h1-12,26H. The lowest BCUT2D eigenvalue weighted by Gasteiger charge is -2.16. The summed E-state index contributed by atoms with van der Waals surface area (Å²) in [7, 11) is 0. The van der Waals surface area contributed by atoms with Gasteiger partial charge in [0.1, 0.15) is 16.4 Å². The van der Waals surface area contributed by atoms with Crippen molar-refractivity contribution >= 4 is 58.2 Å². The highest BCUT2D eigenvalue weighted by molar-refractivity contribution is 8.04. The zero-order chi connectivity index (χ0) is 21.3. The van der Waals surface area contributed by atoms with E-state index >= 15 is 0 Å². The van der Waals surface area contributed by atoms with Gasteiger partial charge in [0.15, 0.2) is 0 Å². The molecule has 1 N–H and O–H groups in total. The number of halogens is 3. The topological polar surface area (TPSA) is 49.4 Å². The van der Waals surface area contributed by atoms with E-state index in [1.54, 1.807) is 24.3 Å². The predicted octanol–water partition coefficient (Wildman–Crippen LogP) is 6.12. The Morgan fingerprint density at radius 1 is 0.833 bits per heavy atom. The molecule has 1 aliphatic heterocycles. The summed E-state index contributed by atoms with van der Waals surface area (Å²) in [6.07, 6.45) is 0. The lowest BCUT2D eigenvalue weighted by molar-refractivity contribution is -0.120. The highest BCUT2D eigenvalue weighted by atomic mass is 35.5. The minimum absolute atomic E-state index is 0.0662. The molecule has 8 heteroatoms. The summed E-state index contributed by atoms with van der Waals surface area (Å²) >= 11 is 13.3. The molecule has 2 amide bonds. The van der Waals surface area contributed by atoms with E-state index in [9.17, 15) is 14.0 Å². The van der Waals surface area contributed by atoms with Crippen molar-refractivity contribution in [2.24, 2.45) is 0 Å². The smallest absolute Gasteiger partial charge is 0.283 e. The Hall–Kier alpha value is -2.80. The van der Waals surface area contributed by atoms with Crippen LogP contribution in [0.5, 0.6) is 0 Å². The fourth-order valence-electron chi connectivity index (χ4n) is 2.89. The minimum Gasteiger partial charge on any atom is -0.350 e. The predicted molar refractivity (Wildman–Crippen MR) is 118 cm³/mol. The van der Waals surface area contributed by atoms with Gasteiger partial charge in [-0.15, -0.1) is 0 Å². The maximum Gasteiger partial charge on any atom is 0.283 e. The average Bonchev–Trinajstić information content (AvgIpc) is 2.96. The molecular weight excluding hydrogens is 446 g/mol. The van der Waals surface area contributed by atoms with Crippen molar-refractivity contribution in [1.82, 2.24) is 0 Å². The van der Waals surface area contributed by atoms with Crippen molar-refractivity contribution < 1.29 is 14.0 Å². The highest BCUT2D eigenvalue weighted by Crippen LogP contribution is 2.39. The molecule has 0 saturated carbocycles. The monoisotopic (exact) mass is 458 g/mol. The third-order valence-corrected chi connectivity index (χ3v) is 5.99. The highest BCUT2D eigenvalue weighted by Gasteiger charge is 2.41. The molecule has 0 atom stereocenters. The molecule has 0 spiro atoms. The molecule has 0 bridgehead atoms. The number of thioether (sulfide) groups is 1. The van der Waals surface area contributed by atoms with Crippen molar-refractivity contribution in [2.45, 2.75) is 4.90 Å². The van der Waals surface area contributed by atoms with E-state index in [0.717, 1.165) is 21.6 Å². The van der Waals surface area contributed by atoms with Gasteiger partial charge in [-0.25, -0.2) is 9.29 Å². The van der Waals surface area contributed by atoms with Crippen LogP contribution in [0.1, 0.15) is 0 Å². The number of amides is 2. The Morgan fingerprint density at radius 3 is 2.23 bits per heavy atom. The van der Waals surface area contributed by atoms with Crippen LogP contribution in [0.15, 0.2) is 88.3 Å². The lowest BCUT2D eigenvalue weighted by Crippen LogP contribution is -2.32. The summed E-state index contributed by atoms with van der Waals surface area (Å²) in [5.41, 5.74) is 0.732. The molecule has 0 fully saturated rings. The molecule has 0 aromatic heterocycles. The molecule has 0 aliphatic carbocycles. The molecule has 150 valence electrons. The van der Waals surface area contributed by atoms with Crippen molar-refractivity contribution in [3.63, 3.8) is 0 Å². The number of carbonyl (C=O) groups is 2. The van der Waals surface area contributed by atoms with Crippen LogP contribution >= 0.6 is 35.0 Å². The van der Waals surface area contributed by atoms with Gasteiger partial charge in [-0.3, -0.25) is 9.59 Å². The fraction of sp³-hybridized carbons (Fsp3) is 0. The maximum atomic E-state index is 13.5. The van der Waals surface area contributed by atoms with Crippen LogP contribution in [0.4, 0.5) is 15.8 Å². The lowest BCUT2D eigenvalue weighted by atomic mass is 10.2. The Balaban J connectivity index is 1.77. The summed E-state index contributed by atoms with van der Waals surface area (Å²) < 4.78 is 13.5. The molecule has 1 heterocycles. The Bertz CT molecular complexity index is 1180. The van der Waals surface area contributed by atoms with Crippen LogP contribution in [-0.4, -0.2) is 11.8 Å². The van der Waals surface area contributed by atoms with E-state index in [1.807, 2.05) is 30.3 Å². The molecule has 4 rings (SSSR count). The first-order chi connectivity index (χ1) is 14.5. The van der Waals surface area contributed by atoms with Gasteiger partial charge in [-0.05, 0) is 42.5 Å². The third-order valence-electron chi connectivity index (χ3n) is 4.29. The first-order valence-corrected chi connectivity index (χ1v) is 10.4. The molecule has 0 saturated heterocycles. The quantitative estimate of drug-likeness (QED) is 0.467. The average molecular weight is 459 g/mol. The van der Waals surface area contributed by atoms with Crippen LogP contribution < -0.4 is 10.2 Å². The number of hydrogen-bond acceptors (Lipinski definition) is 4. The summed E-state index contributed by atoms with van der Waals surface area (Å²) in [6.45, 7) is 0. The van der Waals surface area contributed by atoms with Crippen LogP contribution in [0.2, 0.25) is 10.0 Å². The minimum atomic E-state index is -0.582.